The fraction of sp³-hybridized carbons (Fsp3) is 0.400. The summed E-state index contributed by atoms with van der Waals surface area (Å²) in [4.78, 5) is 23.7. The van der Waals surface area contributed by atoms with Crippen LogP contribution < -0.4 is 5.32 Å². The highest BCUT2D eigenvalue weighted by molar-refractivity contribution is 7.14. The molecular formula is C10H12ClNO3S. The summed E-state index contributed by atoms with van der Waals surface area (Å²) < 4.78 is 4.71. The summed E-state index contributed by atoms with van der Waals surface area (Å²) in [7, 11) is 0. The maximum absolute atomic E-state index is 11.2. The van der Waals surface area contributed by atoms with Crippen molar-refractivity contribution in [2.24, 2.45) is 0 Å². The second-order valence-electron chi connectivity index (χ2n) is 2.90. The second kappa shape index (κ2) is 6.50. The molecule has 0 unspecified atom stereocenters. The van der Waals surface area contributed by atoms with Gasteiger partial charge in [-0.15, -0.1) is 22.9 Å². The Morgan fingerprint density at radius 2 is 2.25 bits per heavy atom. The van der Waals surface area contributed by atoms with Crippen molar-refractivity contribution in [3.63, 3.8) is 0 Å². The summed E-state index contributed by atoms with van der Waals surface area (Å²) >= 11 is 6.75. The number of hydrogen-bond acceptors (Lipinski definition) is 4. The first-order valence-corrected chi connectivity index (χ1v) is 6.11. The molecule has 1 N–H and O–H groups in total. The predicted molar refractivity (Wildman–Crippen MR) is 63.2 cm³/mol. The maximum Gasteiger partial charge on any atom is 0.407 e. The molecule has 1 rings (SSSR count). The van der Waals surface area contributed by atoms with Gasteiger partial charge in [0.1, 0.15) is 0 Å². The van der Waals surface area contributed by atoms with Gasteiger partial charge in [0.05, 0.1) is 23.9 Å². The van der Waals surface area contributed by atoms with E-state index in [2.05, 4.69) is 5.32 Å². The van der Waals surface area contributed by atoms with Crippen LogP contribution in [-0.4, -0.2) is 24.4 Å². The zero-order valence-electron chi connectivity index (χ0n) is 8.79. The summed E-state index contributed by atoms with van der Waals surface area (Å²) in [6, 6.07) is 3.49. The minimum atomic E-state index is -0.457. The molecule has 1 amide bonds. The van der Waals surface area contributed by atoms with Gasteiger partial charge in [-0.25, -0.2) is 4.79 Å². The van der Waals surface area contributed by atoms with Gasteiger partial charge in [0.15, 0.2) is 5.78 Å². The van der Waals surface area contributed by atoms with Crippen molar-refractivity contribution in [1.82, 2.24) is 5.32 Å². The summed E-state index contributed by atoms with van der Waals surface area (Å²) in [6.45, 7) is 2.44. The van der Waals surface area contributed by atoms with Gasteiger partial charge in [-0.05, 0) is 19.1 Å². The molecule has 88 valence electrons. The fourth-order valence-electron chi connectivity index (χ4n) is 1.03. The molecule has 0 atom stereocenters. The van der Waals surface area contributed by atoms with Gasteiger partial charge in [0.25, 0.3) is 0 Å². The maximum atomic E-state index is 11.2. The Balaban J connectivity index is 2.46. The van der Waals surface area contributed by atoms with E-state index in [0.717, 1.165) is 4.88 Å². The lowest BCUT2D eigenvalue weighted by Gasteiger charge is -2.02. The van der Waals surface area contributed by atoms with Gasteiger partial charge in [-0.2, -0.15) is 0 Å². The number of hydrogen-bond donors (Lipinski definition) is 1. The highest BCUT2D eigenvalue weighted by Gasteiger charge is 2.08. The van der Waals surface area contributed by atoms with Gasteiger partial charge >= 0.3 is 6.09 Å². The molecule has 0 bridgehead atoms. The molecule has 1 aromatic heterocycles. The largest absolute Gasteiger partial charge is 0.450 e. The van der Waals surface area contributed by atoms with Gasteiger partial charge < -0.3 is 10.1 Å². The second-order valence-corrected chi connectivity index (χ2v) is 4.33. The van der Waals surface area contributed by atoms with Crippen LogP contribution in [0.2, 0.25) is 0 Å². The van der Waals surface area contributed by atoms with Gasteiger partial charge in [0.2, 0.25) is 0 Å². The monoisotopic (exact) mass is 261 g/mol. The Bertz CT molecular complexity index is 378. The van der Waals surface area contributed by atoms with E-state index in [1.54, 1.807) is 19.1 Å². The Labute approximate surface area is 103 Å². The zero-order chi connectivity index (χ0) is 12.0. The molecular weight excluding hydrogens is 250 g/mol. The molecule has 0 saturated carbocycles. The van der Waals surface area contributed by atoms with Crippen molar-refractivity contribution in [3.05, 3.63) is 21.9 Å². The average molecular weight is 262 g/mol. The Morgan fingerprint density at radius 1 is 1.50 bits per heavy atom. The molecule has 0 aliphatic carbocycles. The number of amides is 1. The van der Waals surface area contributed by atoms with E-state index in [1.807, 2.05) is 0 Å². The van der Waals surface area contributed by atoms with E-state index in [4.69, 9.17) is 16.3 Å². The third-order valence-corrected chi connectivity index (χ3v) is 3.11. The topological polar surface area (TPSA) is 55.4 Å². The summed E-state index contributed by atoms with van der Waals surface area (Å²) in [5.41, 5.74) is 0. The van der Waals surface area contributed by atoms with Crippen LogP contribution in [-0.2, 0) is 11.3 Å². The number of rotatable bonds is 5. The van der Waals surface area contributed by atoms with Crippen LogP contribution in [0.5, 0.6) is 0 Å². The van der Waals surface area contributed by atoms with Crippen molar-refractivity contribution < 1.29 is 14.3 Å². The Hall–Kier alpha value is -1.07. The minimum Gasteiger partial charge on any atom is -0.450 e. The molecule has 4 nitrogen and oxygen atoms in total. The van der Waals surface area contributed by atoms with Gasteiger partial charge in [-0.3, -0.25) is 4.79 Å². The third-order valence-electron chi connectivity index (χ3n) is 1.74. The standard InChI is InChI=1S/C10H12ClNO3S/c1-2-15-10(14)12-6-7-3-4-9(16-7)8(13)5-11/h3-4H,2,5-6H2,1H3,(H,12,14). The van der Waals surface area contributed by atoms with Crippen molar-refractivity contribution in [2.45, 2.75) is 13.5 Å². The molecule has 0 fully saturated rings. The van der Waals surface area contributed by atoms with Crippen molar-refractivity contribution >= 4 is 34.8 Å². The van der Waals surface area contributed by atoms with E-state index in [0.29, 0.717) is 18.0 Å². The number of thiophene rings is 1. The number of carbonyl (C=O) groups excluding carboxylic acids is 2. The number of Topliss-reactive ketones (excluding diaryl/α,β-unsaturated/α-hetero) is 1. The van der Waals surface area contributed by atoms with Crippen molar-refractivity contribution in [3.8, 4) is 0 Å². The molecule has 0 aliphatic rings. The quantitative estimate of drug-likeness (QED) is 0.654. The minimum absolute atomic E-state index is 0.0226. The summed E-state index contributed by atoms with van der Waals surface area (Å²) in [5.74, 6) is -0.125. The number of halogens is 1. The Kier molecular flexibility index (Phi) is 5.28. The first-order chi connectivity index (χ1) is 7.67. The smallest absolute Gasteiger partial charge is 0.407 e. The van der Waals surface area contributed by atoms with E-state index in [-0.39, 0.29) is 11.7 Å². The van der Waals surface area contributed by atoms with Crippen molar-refractivity contribution in [1.29, 1.82) is 0 Å². The summed E-state index contributed by atoms with van der Waals surface area (Å²) in [5, 5.41) is 2.58. The molecule has 0 aromatic carbocycles. The lowest BCUT2D eigenvalue weighted by atomic mass is 10.3. The van der Waals surface area contributed by atoms with Crippen LogP contribution in [0.4, 0.5) is 4.79 Å². The Morgan fingerprint density at radius 3 is 2.88 bits per heavy atom. The van der Waals surface area contributed by atoms with Gasteiger partial charge in [-0.1, -0.05) is 0 Å². The number of carbonyl (C=O) groups is 2. The number of ketones is 1. The molecule has 0 aliphatic heterocycles. The van der Waals surface area contributed by atoms with E-state index >= 15 is 0 Å². The van der Waals surface area contributed by atoms with E-state index < -0.39 is 6.09 Å². The van der Waals surface area contributed by atoms with E-state index in [1.165, 1.54) is 11.3 Å². The molecule has 6 heteroatoms. The SMILES string of the molecule is CCOC(=O)NCc1ccc(C(=O)CCl)s1. The van der Waals surface area contributed by atoms with Crippen LogP contribution >= 0.6 is 22.9 Å². The summed E-state index contributed by atoms with van der Waals surface area (Å²) in [6.07, 6.45) is -0.457. The number of alkyl carbamates (subject to hydrolysis) is 1. The van der Waals surface area contributed by atoms with Gasteiger partial charge in [0, 0.05) is 4.88 Å². The van der Waals surface area contributed by atoms with Crippen LogP contribution in [0, 0.1) is 0 Å². The normalized spacial score (nSPS) is 9.88. The van der Waals surface area contributed by atoms with Crippen LogP contribution in [0.15, 0.2) is 12.1 Å². The lowest BCUT2D eigenvalue weighted by Crippen LogP contribution is -2.23. The third kappa shape index (κ3) is 3.83. The molecule has 0 spiro atoms. The van der Waals surface area contributed by atoms with Crippen molar-refractivity contribution in [2.75, 3.05) is 12.5 Å². The highest BCUT2D eigenvalue weighted by atomic mass is 35.5. The lowest BCUT2D eigenvalue weighted by molar-refractivity contribution is 0.102. The number of nitrogens with one attached hydrogen (secondary N) is 1. The molecule has 1 aromatic rings. The average Bonchev–Trinajstić information content (AvgIpc) is 2.74. The van der Waals surface area contributed by atoms with Crippen LogP contribution in [0.3, 0.4) is 0 Å². The molecule has 1 heterocycles. The first kappa shape index (κ1) is 13.0. The van der Waals surface area contributed by atoms with Crippen LogP contribution in [0.1, 0.15) is 21.5 Å². The first-order valence-electron chi connectivity index (χ1n) is 4.76. The zero-order valence-corrected chi connectivity index (χ0v) is 10.4. The highest BCUT2D eigenvalue weighted by Crippen LogP contribution is 2.17. The molecule has 16 heavy (non-hydrogen) atoms. The number of alkyl halides is 1. The molecule has 0 radical (unpaired) electrons. The van der Waals surface area contributed by atoms with E-state index in [9.17, 15) is 9.59 Å². The molecule has 0 saturated heterocycles. The fourth-order valence-corrected chi connectivity index (χ4v) is 2.14. The predicted octanol–water partition coefficient (Wildman–Crippen LogP) is 2.42. The number of ether oxygens (including phenoxy) is 1. The van der Waals surface area contributed by atoms with Crippen LogP contribution in [0.25, 0.3) is 0 Å².